The summed E-state index contributed by atoms with van der Waals surface area (Å²) in [5.41, 5.74) is 5.83. The Morgan fingerprint density at radius 1 is 0.711 bits per heavy atom. The molecule has 0 saturated heterocycles. The fraction of sp³-hybridized carbons (Fsp3) is 0.143. The van der Waals surface area contributed by atoms with Gasteiger partial charge in [-0.05, 0) is 63.2 Å². The maximum Gasteiger partial charge on any atom is 0.0321 e. The van der Waals surface area contributed by atoms with Crippen LogP contribution >= 0.6 is 0 Å². The third-order valence-electron chi connectivity index (χ3n) is 7.20. The Kier molecular flexibility index (Phi) is 8.11. The van der Waals surface area contributed by atoms with Crippen molar-refractivity contribution in [3.8, 4) is 33.6 Å². The number of nitrogens with zero attached hydrogens (tertiary/aromatic N) is 2. The summed E-state index contributed by atoms with van der Waals surface area (Å²) < 4.78 is 38.9. The van der Waals surface area contributed by atoms with Crippen molar-refractivity contribution in [2.45, 2.75) is 34.0 Å². The Balaban J connectivity index is 0.000000241. The zero-order valence-electron chi connectivity index (χ0n) is 30.4. The van der Waals surface area contributed by atoms with Gasteiger partial charge >= 0.3 is 0 Å². The minimum Gasteiger partial charge on any atom is -0.305 e. The van der Waals surface area contributed by atoms with E-state index < -0.39 is 18.6 Å². The second kappa shape index (κ2) is 14.1. The van der Waals surface area contributed by atoms with E-state index in [1.165, 1.54) is 33.3 Å². The van der Waals surface area contributed by atoms with Crippen LogP contribution in [0.15, 0.2) is 134 Å². The molecule has 225 valence electrons. The summed E-state index contributed by atoms with van der Waals surface area (Å²) in [7, 11) is 0. The molecule has 45 heavy (non-hydrogen) atoms. The van der Waals surface area contributed by atoms with Crippen molar-refractivity contribution in [1.82, 2.24) is 9.97 Å². The second-order valence-corrected chi connectivity index (χ2v) is 11.7. The molecule has 2 aromatic heterocycles. The van der Waals surface area contributed by atoms with Gasteiger partial charge < -0.3 is 9.97 Å². The van der Waals surface area contributed by atoms with Gasteiger partial charge in [-0.25, -0.2) is 0 Å². The molecule has 0 aliphatic heterocycles. The molecule has 0 saturated carbocycles. The molecule has 0 spiro atoms. The molecule has 0 aliphatic rings. The van der Waals surface area contributed by atoms with Crippen molar-refractivity contribution < 1.29 is 27.0 Å². The van der Waals surface area contributed by atoms with Crippen LogP contribution in [-0.2, 0) is 26.5 Å². The fourth-order valence-corrected chi connectivity index (χ4v) is 5.24. The van der Waals surface area contributed by atoms with E-state index in [1.54, 1.807) is 30.5 Å². The van der Waals surface area contributed by atoms with Crippen molar-refractivity contribution in [2.24, 2.45) is 5.41 Å². The minimum absolute atomic E-state index is 0. The van der Waals surface area contributed by atoms with E-state index in [4.69, 9.17) is 6.85 Å². The van der Waals surface area contributed by atoms with E-state index in [9.17, 15) is 0 Å². The molecule has 7 rings (SSSR count). The molecular weight excluding hydrogens is 725 g/mol. The normalized spacial score (nSPS) is 13.3. The van der Waals surface area contributed by atoms with Crippen molar-refractivity contribution in [1.29, 1.82) is 0 Å². The Hall–Kier alpha value is -4.43. The predicted octanol–water partition coefficient (Wildman–Crippen LogP) is 11.0. The summed E-state index contributed by atoms with van der Waals surface area (Å²) in [5.74, 6) is 0. The number of aryl methyl sites for hydroxylation is 1. The van der Waals surface area contributed by atoms with Gasteiger partial charge in [0.25, 0.3) is 0 Å². The summed E-state index contributed by atoms with van der Waals surface area (Å²) in [4.78, 5) is 8.62. The molecule has 0 N–H and O–H groups in total. The number of hydrogen-bond acceptors (Lipinski definition) is 2. The smallest absolute Gasteiger partial charge is 0.0321 e. The maximum atomic E-state index is 8.60. The number of benzene rings is 5. The van der Waals surface area contributed by atoms with Crippen LogP contribution in [0.5, 0.6) is 0 Å². The van der Waals surface area contributed by atoms with Gasteiger partial charge in [0.05, 0.1) is 0 Å². The average molecular weight is 766 g/mol. The zero-order valence-corrected chi connectivity index (χ0v) is 27.8. The number of hydrogen-bond donors (Lipinski definition) is 0. The molecule has 5 aromatic carbocycles. The van der Waals surface area contributed by atoms with E-state index in [1.807, 2.05) is 57.2 Å². The molecule has 0 bridgehead atoms. The Morgan fingerprint density at radius 3 is 2.16 bits per heavy atom. The van der Waals surface area contributed by atoms with Gasteiger partial charge in [0.2, 0.25) is 0 Å². The molecule has 0 aliphatic carbocycles. The van der Waals surface area contributed by atoms with E-state index in [0.717, 1.165) is 28.1 Å². The average Bonchev–Trinajstić information content (AvgIpc) is 3.11. The Labute approximate surface area is 287 Å². The summed E-state index contributed by atoms with van der Waals surface area (Å²) >= 11 is 0. The van der Waals surface area contributed by atoms with Crippen LogP contribution in [-0.4, -0.2) is 9.97 Å². The molecule has 0 amide bonds. The van der Waals surface area contributed by atoms with Gasteiger partial charge in [-0.2, -0.15) is 0 Å². The van der Waals surface area contributed by atoms with Gasteiger partial charge in [-0.3, -0.25) is 0 Å². The van der Waals surface area contributed by atoms with Crippen LogP contribution in [0.2, 0.25) is 0 Å². The van der Waals surface area contributed by atoms with E-state index in [0.29, 0.717) is 5.56 Å². The van der Waals surface area contributed by atoms with Gasteiger partial charge in [0, 0.05) is 39.4 Å². The van der Waals surface area contributed by atoms with Crippen LogP contribution in [0.1, 0.15) is 38.8 Å². The number of aromatic nitrogens is 2. The van der Waals surface area contributed by atoms with Gasteiger partial charge in [-0.1, -0.05) is 110 Å². The summed E-state index contributed by atoms with van der Waals surface area (Å²) in [5, 5.41) is 4.94. The number of pyridine rings is 2. The first-order valence-electron chi connectivity index (χ1n) is 17.2. The van der Waals surface area contributed by atoms with Crippen LogP contribution in [0.25, 0.3) is 55.2 Å². The third kappa shape index (κ3) is 7.81. The van der Waals surface area contributed by atoms with Crippen LogP contribution in [0, 0.1) is 24.4 Å². The molecule has 3 heteroatoms. The Morgan fingerprint density at radius 2 is 1.47 bits per heavy atom. The molecule has 2 heterocycles. The SMILES string of the molecule is [2H]C([2H])([2H])c1ccc(-c2[c-]cccc2)nc1.[2H]C([2H])(c1ccnc(-c2[c-]cc(-c3cc4ccccc4c4ccccc34)cc2)c1)C(C)(C)C.[Ir]. The van der Waals surface area contributed by atoms with Crippen molar-refractivity contribution in [3.63, 3.8) is 0 Å². The molecule has 0 fully saturated rings. The minimum atomic E-state index is -2.09. The van der Waals surface area contributed by atoms with Crippen molar-refractivity contribution >= 4 is 21.5 Å². The first-order valence-corrected chi connectivity index (χ1v) is 14.7. The third-order valence-corrected chi connectivity index (χ3v) is 7.20. The van der Waals surface area contributed by atoms with E-state index >= 15 is 0 Å². The first kappa shape index (κ1) is 25.9. The zero-order chi connectivity index (χ0) is 34.8. The molecule has 2 nitrogen and oxygen atoms in total. The van der Waals surface area contributed by atoms with Gasteiger partial charge in [0.15, 0.2) is 0 Å². The summed E-state index contributed by atoms with van der Waals surface area (Å²) in [6, 6.07) is 46.2. The van der Waals surface area contributed by atoms with Gasteiger partial charge in [0.1, 0.15) is 0 Å². The van der Waals surface area contributed by atoms with Crippen molar-refractivity contribution in [2.75, 3.05) is 0 Å². The summed E-state index contributed by atoms with van der Waals surface area (Å²) in [6.45, 7) is 3.66. The number of fused-ring (bicyclic) bond motifs is 3. The molecular formula is C42H36IrN2-2. The van der Waals surface area contributed by atoms with Crippen LogP contribution in [0.4, 0.5) is 0 Å². The quantitative estimate of drug-likeness (QED) is 0.132. The largest absolute Gasteiger partial charge is 0.305 e. The van der Waals surface area contributed by atoms with Crippen LogP contribution < -0.4 is 0 Å². The fourth-order valence-electron chi connectivity index (χ4n) is 5.24. The van der Waals surface area contributed by atoms with Crippen LogP contribution in [0.3, 0.4) is 0 Å². The second-order valence-electron chi connectivity index (χ2n) is 11.7. The molecule has 1 radical (unpaired) electrons. The standard InChI is InChI=1S/C30H26N.C12H10N.Ir/c1-30(2,3)20-21-16-17-31-29(18-21)23-14-12-22(13-15-23)28-19-24-8-4-5-9-25(24)26-10-6-7-11-27(26)28;1-10-7-8-12(13-9-10)11-5-3-2-4-6-11;/h4-14,16-19H,20H2,1-3H3;2-5,7-9H,1H3;/q2*-1;/i20D2;1D3;. The van der Waals surface area contributed by atoms with Crippen molar-refractivity contribution in [3.05, 3.63) is 157 Å². The van der Waals surface area contributed by atoms with E-state index in [2.05, 4.69) is 82.8 Å². The monoisotopic (exact) mass is 766 g/mol. The first-order chi connectivity index (χ1) is 23.3. The van der Waals surface area contributed by atoms with E-state index in [-0.39, 0.29) is 25.7 Å². The summed E-state index contributed by atoms with van der Waals surface area (Å²) in [6.07, 6.45) is 1.62. The van der Waals surface area contributed by atoms with Gasteiger partial charge in [-0.15, -0.1) is 65.7 Å². The Bertz CT molecular complexity index is 2210. The molecule has 0 unspecified atom stereocenters. The topological polar surface area (TPSA) is 25.8 Å². The number of rotatable bonds is 4. The molecule has 7 aromatic rings. The molecule has 0 atom stereocenters. The predicted molar refractivity (Wildman–Crippen MR) is 185 cm³/mol. The maximum absolute atomic E-state index is 8.60.